The molecule has 6 nitrogen and oxygen atoms in total. The maximum absolute atomic E-state index is 12.1. The van der Waals surface area contributed by atoms with E-state index in [9.17, 15) is 14.4 Å². The van der Waals surface area contributed by atoms with Crippen LogP contribution in [0.4, 0.5) is 0 Å². The maximum atomic E-state index is 12.1. The van der Waals surface area contributed by atoms with Crippen LogP contribution in [-0.4, -0.2) is 24.7 Å². The Hall–Kier alpha value is -2.86. The van der Waals surface area contributed by atoms with Crippen molar-refractivity contribution in [2.45, 2.75) is 19.3 Å². The molecule has 2 rings (SSSR count). The minimum Gasteiger partial charge on any atom is -0.497 e. The van der Waals surface area contributed by atoms with Crippen molar-refractivity contribution in [1.82, 2.24) is 10.9 Å². The molecule has 0 aliphatic carbocycles. The van der Waals surface area contributed by atoms with Gasteiger partial charge in [0.2, 0.25) is 5.91 Å². The first-order chi connectivity index (χ1) is 12.5. The molecule has 0 spiro atoms. The van der Waals surface area contributed by atoms with Gasteiger partial charge in [0.15, 0.2) is 5.78 Å². The number of nitrogens with one attached hydrogen (secondary N) is 2. The molecule has 2 aromatic rings. The molecular weight excluding hydrogens is 356 g/mol. The zero-order chi connectivity index (χ0) is 18.9. The zero-order valence-electron chi connectivity index (χ0n) is 14.3. The number of hydrazine groups is 1. The van der Waals surface area contributed by atoms with E-state index in [1.807, 2.05) is 0 Å². The summed E-state index contributed by atoms with van der Waals surface area (Å²) in [6.07, 6.45) is 0.724. The van der Waals surface area contributed by atoms with E-state index in [0.717, 1.165) is 0 Å². The lowest BCUT2D eigenvalue weighted by molar-refractivity contribution is -0.121. The lowest BCUT2D eigenvalue weighted by Crippen LogP contribution is -2.41. The first-order valence-corrected chi connectivity index (χ1v) is 8.40. The Balaban J connectivity index is 1.72. The fourth-order valence-corrected chi connectivity index (χ4v) is 2.45. The quantitative estimate of drug-likeness (QED) is 0.576. The van der Waals surface area contributed by atoms with Crippen molar-refractivity contribution in [2.24, 2.45) is 0 Å². The second-order valence-electron chi connectivity index (χ2n) is 5.49. The van der Waals surface area contributed by atoms with Gasteiger partial charge >= 0.3 is 0 Å². The molecule has 2 amide bonds. The largest absolute Gasteiger partial charge is 0.497 e. The van der Waals surface area contributed by atoms with Gasteiger partial charge in [-0.25, -0.2) is 0 Å². The van der Waals surface area contributed by atoms with Gasteiger partial charge in [-0.3, -0.25) is 25.2 Å². The van der Waals surface area contributed by atoms with Gasteiger partial charge in [-0.05, 0) is 42.8 Å². The van der Waals surface area contributed by atoms with Gasteiger partial charge in [-0.15, -0.1) is 0 Å². The SMILES string of the molecule is COc1ccc(C(=O)CCCC(=O)NNC(=O)c2ccccc2Cl)cc1. The Morgan fingerprint density at radius 1 is 0.962 bits per heavy atom. The lowest BCUT2D eigenvalue weighted by Gasteiger charge is -2.08. The number of halogens is 1. The van der Waals surface area contributed by atoms with E-state index in [-0.39, 0.29) is 30.1 Å². The Bertz CT molecular complexity index is 790. The average molecular weight is 375 g/mol. The fraction of sp³-hybridized carbons (Fsp3) is 0.211. The highest BCUT2D eigenvalue weighted by Gasteiger charge is 2.11. The molecule has 7 heteroatoms. The molecule has 0 aromatic heterocycles. The number of ether oxygens (including phenoxy) is 1. The van der Waals surface area contributed by atoms with Crippen LogP contribution >= 0.6 is 11.6 Å². The summed E-state index contributed by atoms with van der Waals surface area (Å²) in [5.74, 6) is -0.262. The fourth-order valence-electron chi connectivity index (χ4n) is 2.23. The second kappa shape index (κ2) is 9.58. The van der Waals surface area contributed by atoms with E-state index in [0.29, 0.717) is 22.8 Å². The molecule has 0 heterocycles. The molecule has 0 aliphatic rings. The second-order valence-corrected chi connectivity index (χ2v) is 5.89. The number of Topliss-reactive ketones (excluding diaryl/α,β-unsaturated/α-hetero) is 1. The third-order valence-electron chi connectivity index (χ3n) is 3.65. The van der Waals surface area contributed by atoms with Crippen molar-refractivity contribution in [3.8, 4) is 5.75 Å². The summed E-state index contributed by atoms with van der Waals surface area (Å²) in [7, 11) is 1.56. The zero-order valence-corrected chi connectivity index (χ0v) is 15.0. The number of hydrogen-bond acceptors (Lipinski definition) is 4. The minimum atomic E-state index is -0.502. The van der Waals surface area contributed by atoms with Gasteiger partial charge in [0.1, 0.15) is 5.75 Å². The van der Waals surface area contributed by atoms with Gasteiger partial charge in [-0.1, -0.05) is 23.7 Å². The Kier molecular flexibility index (Phi) is 7.17. The Morgan fingerprint density at radius 2 is 1.65 bits per heavy atom. The molecule has 26 heavy (non-hydrogen) atoms. The smallest absolute Gasteiger partial charge is 0.271 e. The Labute approximate surface area is 156 Å². The third kappa shape index (κ3) is 5.60. The molecule has 0 saturated carbocycles. The van der Waals surface area contributed by atoms with E-state index in [1.54, 1.807) is 55.6 Å². The molecule has 0 atom stereocenters. The van der Waals surface area contributed by atoms with Crippen LogP contribution in [0.3, 0.4) is 0 Å². The molecule has 2 N–H and O–H groups in total. The van der Waals surface area contributed by atoms with Crippen molar-refractivity contribution in [2.75, 3.05) is 7.11 Å². The molecule has 0 bridgehead atoms. The highest BCUT2D eigenvalue weighted by atomic mass is 35.5. The normalized spacial score (nSPS) is 10.1. The minimum absolute atomic E-state index is 0.0550. The van der Waals surface area contributed by atoms with E-state index in [4.69, 9.17) is 16.3 Å². The summed E-state index contributed by atoms with van der Waals surface area (Å²) in [5.41, 5.74) is 5.45. The summed E-state index contributed by atoms with van der Waals surface area (Å²) in [4.78, 5) is 35.8. The van der Waals surface area contributed by atoms with Gasteiger partial charge in [0.25, 0.3) is 5.91 Å². The van der Waals surface area contributed by atoms with Gasteiger partial charge < -0.3 is 4.74 Å². The van der Waals surface area contributed by atoms with Crippen LogP contribution in [0.5, 0.6) is 5.75 Å². The average Bonchev–Trinajstić information content (AvgIpc) is 2.66. The molecule has 0 aliphatic heterocycles. The number of ketones is 1. The molecular formula is C19H19ClN2O4. The third-order valence-corrected chi connectivity index (χ3v) is 3.98. The number of rotatable bonds is 7. The van der Waals surface area contributed by atoms with E-state index < -0.39 is 5.91 Å². The van der Waals surface area contributed by atoms with E-state index >= 15 is 0 Å². The van der Waals surface area contributed by atoms with Crippen molar-refractivity contribution in [3.63, 3.8) is 0 Å². The highest BCUT2D eigenvalue weighted by Crippen LogP contribution is 2.15. The standard InChI is InChI=1S/C19H19ClN2O4/c1-26-14-11-9-13(10-12-14)17(23)7-4-8-18(24)21-22-19(25)15-5-2-3-6-16(15)20/h2-3,5-6,9-12H,4,7-8H2,1H3,(H,21,24)(H,22,25). The summed E-state index contributed by atoms with van der Waals surface area (Å²) in [5, 5.41) is 0.296. The van der Waals surface area contributed by atoms with Gasteiger partial charge in [0.05, 0.1) is 17.7 Å². The van der Waals surface area contributed by atoms with Crippen LogP contribution in [0.2, 0.25) is 5.02 Å². The van der Waals surface area contributed by atoms with Crippen LogP contribution in [0, 0.1) is 0 Å². The Morgan fingerprint density at radius 3 is 2.31 bits per heavy atom. The number of carbonyl (C=O) groups excluding carboxylic acids is 3. The number of methoxy groups -OCH3 is 1. The number of amides is 2. The predicted molar refractivity (Wildman–Crippen MR) is 98.2 cm³/mol. The molecule has 2 aromatic carbocycles. The molecule has 0 radical (unpaired) electrons. The maximum Gasteiger partial charge on any atom is 0.271 e. The van der Waals surface area contributed by atoms with Crippen molar-refractivity contribution < 1.29 is 19.1 Å². The van der Waals surface area contributed by atoms with Crippen LogP contribution in [0.1, 0.15) is 40.0 Å². The molecule has 0 saturated heterocycles. The van der Waals surface area contributed by atoms with Crippen molar-refractivity contribution >= 4 is 29.2 Å². The van der Waals surface area contributed by atoms with Crippen molar-refractivity contribution in [1.29, 1.82) is 0 Å². The first-order valence-electron chi connectivity index (χ1n) is 8.02. The van der Waals surface area contributed by atoms with Crippen LogP contribution in [-0.2, 0) is 4.79 Å². The van der Waals surface area contributed by atoms with E-state index in [1.165, 1.54) is 0 Å². The summed E-state index contributed by atoms with van der Waals surface area (Å²) in [6, 6.07) is 13.3. The van der Waals surface area contributed by atoms with Crippen molar-refractivity contribution in [3.05, 3.63) is 64.7 Å². The van der Waals surface area contributed by atoms with Gasteiger partial charge in [0, 0.05) is 18.4 Å². The van der Waals surface area contributed by atoms with Crippen LogP contribution < -0.4 is 15.6 Å². The number of hydrogen-bond donors (Lipinski definition) is 2. The molecule has 0 fully saturated rings. The number of carbonyl (C=O) groups is 3. The predicted octanol–water partition coefficient (Wildman–Crippen LogP) is 3.16. The summed E-state index contributed by atoms with van der Waals surface area (Å²) >= 11 is 5.91. The highest BCUT2D eigenvalue weighted by molar-refractivity contribution is 6.33. The van der Waals surface area contributed by atoms with Crippen LogP contribution in [0.25, 0.3) is 0 Å². The topological polar surface area (TPSA) is 84.5 Å². The summed E-state index contributed by atoms with van der Waals surface area (Å²) < 4.78 is 5.04. The molecule has 0 unspecified atom stereocenters. The summed E-state index contributed by atoms with van der Waals surface area (Å²) in [6.45, 7) is 0. The first kappa shape index (κ1) is 19.5. The monoisotopic (exact) mass is 374 g/mol. The van der Waals surface area contributed by atoms with Gasteiger partial charge in [-0.2, -0.15) is 0 Å². The van der Waals surface area contributed by atoms with E-state index in [2.05, 4.69) is 10.9 Å². The molecule has 136 valence electrons. The number of benzene rings is 2. The lowest BCUT2D eigenvalue weighted by atomic mass is 10.1. The van der Waals surface area contributed by atoms with Crippen LogP contribution in [0.15, 0.2) is 48.5 Å².